The minimum atomic E-state index is -0.0243. The van der Waals surface area contributed by atoms with Gasteiger partial charge in [0.2, 0.25) is 5.88 Å². The van der Waals surface area contributed by atoms with Crippen LogP contribution in [0, 0.1) is 0 Å². The summed E-state index contributed by atoms with van der Waals surface area (Å²) < 4.78 is 12.5. The number of carbonyl (C=O) groups is 1. The van der Waals surface area contributed by atoms with E-state index >= 15 is 0 Å². The number of hydrogen-bond donors (Lipinski definition) is 0. The molecule has 0 radical (unpaired) electrons. The van der Waals surface area contributed by atoms with E-state index in [2.05, 4.69) is 27.8 Å². The van der Waals surface area contributed by atoms with Crippen LogP contribution in [0.25, 0.3) is 0 Å². The van der Waals surface area contributed by atoms with Crippen molar-refractivity contribution in [3.05, 3.63) is 52.6 Å². The van der Waals surface area contributed by atoms with E-state index in [1.54, 1.807) is 6.20 Å². The summed E-state index contributed by atoms with van der Waals surface area (Å²) >= 11 is 3.36. The second-order valence-corrected chi connectivity index (χ2v) is 7.59. The van der Waals surface area contributed by atoms with Crippen molar-refractivity contribution >= 4 is 21.8 Å². The first-order valence-electron chi connectivity index (χ1n) is 9.46. The molecule has 0 aliphatic carbocycles. The molecule has 0 N–H and O–H groups in total. The van der Waals surface area contributed by atoms with Crippen LogP contribution in [0.2, 0.25) is 0 Å². The smallest absolute Gasteiger partial charge is 0.253 e. The fourth-order valence-electron chi connectivity index (χ4n) is 3.03. The first-order valence-corrected chi connectivity index (χ1v) is 10.3. The first kappa shape index (κ1) is 19.7. The van der Waals surface area contributed by atoms with Gasteiger partial charge in [0.25, 0.3) is 5.91 Å². The Morgan fingerprint density at radius 3 is 2.74 bits per heavy atom. The fourth-order valence-corrected chi connectivity index (χ4v) is 3.26. The standard InChI is InChI=1S/C21H25BrN2O3/c1-2-3-4-13-26-18-8-5-16(6-9-18)21(25)24-12-11-19(15-24)27-20-10-7-17(22)14-23-20/h5-10,14,19H,2-4,11-13,15H2,1H3. The molecule has 1 aromatic carbocycles. The number of halogens is 1. The van der Waals surface area contributed by atoms with E-state index in [1.165, 1.54) is 12.8 Å². The van der Waals surface area contributed by atoms with Gasteiger partial charge in [-0.2, -0.15) is 0 Å². The van der Waals surface area contributed by atoms with E-state index in [0.717, 1.165) is 29.7 Å². The lowest BCUT2D eigenvalue weighted by Gasteiger charge is -2.17. The lowest BCUT2D eigenvalue weighted by molar-refractivity contribution is 0.0771. The van der Waals surface area contributed by atoms with Crippen LogP contribution in [0.1, 0.15) is 43.0 Å². The van der Waals surface area contributed by atoms with Crippen molar-refractivity contribution in [1.29, 1.82) is 0 Å². The highest BCUT2D eigenvalue weighted by Gasteiger charge is 2.28. The minimum absolute atomic E-state index is 0.0243. The second kappa shape index (κ2) is 9.74. The van der Waals surface area contributed by atoms with Crippen LogP contribution >= 0.6 is 15.9 Å². The SMILES string of the molecule is CCCCCOc1ccc(C(=O)N2CCC(Oc3ccc(Br)cn3)C2)cc1. The number of rotatable bonds is 8. The van der Waals surface area contributed by atoms with Crippen molar-refractivity contribution in [3.63, 3.8) is 0 Å². The van der Waals surface area contributed by atoms with Gasteiger partial charge in [-0.15, -0.1) is 0 Å². The zero-order valence-corrected chi connectivity index (χ0v) is 17.2. The van der Waals surface area contributed by atoms with E-state index < -0.39 is 0 Å². The summed E-state index contributed by atoms with van der Waals surface area (Å²) in [5.41, 5.74) is 0.679. The van der Waals surface area contributed by atoms with Crippen LogP contribution in [-0.4, -0.2) is 41.6 Å². The third kappa shape index (κ3) is 5.70. The summed E-state index contributed by atoms with van der Waals surface area (Å²) in [5, 5.41) is 0. The van der Waals surface area contributed by atoms with Gasteiger partial charge in [0.1, 0.15) is 11.9 Å². The fraction of sp³-hybridized carbons (Fsp3) is 0.429. The van der Waals surface area contributed by atoms with Crippen molar-refractivity contribution < 1.29 is 14.3 Å². The Bertz CT molecular complexity index is 734. The molecule has 2 aromatic rings. The molecule has 0 saturated carbocycles. The molecule has 0 spiro atoms. The molecule has 144 valence electrons. The maximum Gasteiger partial charge on any atom is 0.253 e. The van der Waals surface area contributed by atoms with Crippen molar-refractivity contribution in [2.45, 2.75) is 38.7 Å². The van der Waals surface area contributed by atoms with E-state index in [4.69, 9.17) is 9.47 Å². The van der Waals surface area contributed by atoms with Crippen molar-refractivity contribution in [2.75, 3.05) is 19.7 Å². The maximum absolute atomic E-state index is 12.7. The quantitative estimate of drug-likeness (QED) is 0.566. The summed E-state index contributed by atoms with van der Waals surface area (Å²) in [6.45, 7) is 4.15. The summed E-state index contributed by atoms with van der Waals surface area (Å²) in [5.74, 6) is 1.43. The third-order valence-electron chi connectivity index (χ3n) is 4.54. The van der Waals surface area contributed by atoms with Gasteiger partial charge < -0.3 is 14.4 Å². The van der Waals surface area contributed by atoms with Crippen LogP contribution in [0.15, 0.2) is 47.1 Å². The van der Waals surface area contributed by atoms with E-state index in [-0.39, 0.29) is 12.0 Å². The van der Waals surface area contributed by atoms with Gasteiger partial charge in [0, 0.05) is 35.3 Å². The normalized spacial score (nSPS) is 16.4. The topological polar surface area (TPSA) is 51.7 Å². The number of benzene rings is 1. The molecule has 1 unspecified atom stereocenters. The lowest BCUT2D eigenvalue weighted by atomic mass is 10.2. The predicted molar refractivity (Wildman–Crippen MR) is 108 cm³/mol. The molecule has 1 saturated heterocycles. The zero-order valence-electron chi connectivity index (χ0n) is 15.6. The second-order valence-electron chi connectivity index (χ2n) is 6.67. The lowest BCUT2D eigenvalue weighted by Crippen LogP contribution is -2.31. The minimum Gasteiger partial charge on any atom is -0.494 e. The van der Waals surface area contributed by atoms with E-state index in [1.807, 2.05) is 41.3 Å². The molecule has 1 amide bonds. The first-order chi connectivity index (χ1) is 13.2. The zero-order chi connectivity index (χ0) is 19.1. The van der Waals surface area contributed by atoms with Gasteiger partial charge in [0.15, 0.2) is 0 Å². The van der Waals surface area contributed by atoms with Crippen molar-refractivity contribution in [2.24, 2.45) is 0 Å². The Balaban J connectivity index is 1.50. The third-order valence-corrected chi connectivity index (χ3v) is 5.01. The number of unbranched alkanes of at least 4 members (excludes halogenated alkanes) is 2. The number of aromatic nitrogens is 1. The van der Waals surface area contributed by atoms with Crippen LogP contribution in [0.3, 0.4) is 0 Å². The van der Waals surface area contributed by atoms with E-state index in [0.29, 0.717) is 24.5 Å². The van der Waals surface area contributed by atoms with Crippen molar-refractivity contribution in [1.82, 2.24) is 9.88 Å². The molecule has 6 heteroatoms. The van der Waals surface area contributed by atoms with Crippen LogP contribution in [0.5, 0.6) is 11.6 Å². The molecule has 1 fully saturated rings. The van der Waals surface area contributed by atoms with Crippen LogP contribution in [0.4, 0.5) is 0 Å². The Kier molecular flexibility index (Phi) is 7.10. The highest BCUT2D eigenvalue weighted by molar-refractivity contribution is 9.10. The average Bonchev–Trinajstić information content (AvgIpc) is 3.15. The van der Waals surface area contributed by atoms with Gasteiger partial charge in [-0.1, -0.05) is 19.8 Å². The maximum atomic E-state index is 12.7. The van der Waals surface area contributed by atoms with Gasteiger partial charge in [-0.05, 0) is 52.7 Å². The molecule has 1 atom stereocenters. The summed E-state index contributed by atoms with van der Waals surface area (Å²) in [6, 6.07) is 11.1. The Labute approximate surface area is 168 Å². The molecule has 1 aromatic heterocycles. The average molecular weight is 433 g/mol. The number of hydrogen-bond acceptors (Lipinski definition) is 4. The number of pyridine rings is 1. The largest absolute Gasteiger partial charge is 0.494 e. The number of ether oxygens (including phenoxy) is 2. The molecule has 1 aliphatic heterocycles. The van der Waals surface area contributed by atoms with Crippen LogP contribution in [-0.2, 0) is 0 Å². The molecular formula is C21H25BrN2O3. The molecule has 1 aliphatic rings. The number of amides is 1. The van der Waals surface area contributed by atoms with E-state index in [9.17, 15) is 4.79 Å². The molecule has 0 bridgehead atoms. The molecule has 2 heterocycles. The molecule has 3 rings (SSSR count). The van der Waals surface area contributed by atoms with Gasteiger partial charge >= 0.3 is 0 Å². The molecule has 5 nitrogen and oxygen atoms in total. The Morgan fingerprint density at radius 1 is 1.22 bits per heavy atom. The predicted octanol–water partition coefficient (Wildman–Crippen LogP) is 4.71. The Hall–Kier alpha value is -2.08. The number of carbonyl (C=O) groups excluding carboxylic acids is 1. The number of nitrogens with zero attached hydrogens (tertiary/aromatic N) is 2. The monoisotopic (exact) mass is 432 g/mol. The van der Waals surface area contributed by atoms with Crippen LogP contribution < -0.4 is 9.47 Å². The highest BCUT2D eigenvalue weighted by Crippen LogP contribution is 2.21. The summed E-state index contributed by atoms with van der Waals surface area (Å²) in [6.07, 6.45) is 5.89. The highest BCUT2D eigenvalue weighted by atomic mass is 79.9. The summed E-state index contributed by atoms with van der Waals surface area (Å²) in [4.78, 5) is 18.8. The van der Waals surface area contributed by atoms with Gasteiger partial charge in [-0.25, -0.2) is 4.98 Å². The Morgan fingerprint density at radius 2 is 2.04 bits per heavy atom. The summed E-state index contributed by atoms with van der Waals surface area (Å²) in [7, 11) is 0. The van der Waals surface area contributed by atoms with Gasteiger partial charge in [-0.3, -0.25) is 4.79 Å². The van der Waals surface area contributed by atoms with Crippen molar-refractivity contribution in [3.8, 4) is 11.6 Å². The van der Waals surface area contributed by atoms with Gasteiger partial charge in [0.05, 0.1) is 13.2 Å². The number of likely N-dealkylation sites (tertiary alicyclic amines) is 1. The molecular weight excluding hydrogens is 408 g/mol. The molecule has 27 heavy (non-hydrogen) atoms.